The fourth-order valence-electron chi connectivity index (χ4n) is 3.22. The molecule has 2 N–H and O–H groups in total. The number of methoxy groups -OCH3 is 1. The van der Waals surface area contributed by atoms with Crippen LogP contribution in [0.2, 0.25) is 0 Å². The molecule has 0 radical (unpaired) electrons. The van der Waals surface area contributed by atoms with Crippen LogP contribution >= 0.6 is 11.3 Å². The Balaban J connectivity index is 1.76. The summed E-state index contributed by atoms with van der Waals surface area (Å²) in [7, 11) is 1.58. The van der Waals surface area contributed by atoms with E-state index in [1.54, 1.807) is 13.2 Å². The maximum atomic E-state index is 13.2. The summed E-state index contributed by atoms with van der Waals surface area (Å²) in [6.45, 7) is 1.83. The van der Waals surface area contributed by atoms with Gasteiger partial charge in [-0.15, -0.1) is 0 Å². The van der Waals surface area contributed by atoms with E-state index < -0.39 is 17.3 Å². The normalized spacial score (nSPS) is 11.0. The number of hydrogen-bond donors (Lipinski definition) is 2. The summed E-state index contributed by atoms with van der Waals surface area (Å²) >= 11 is 1.32. The molecule has 0 aliphatic heterocycles. The number of nitrogens with one attached hydrogen (secondary N) is 1. The van der Waals surface area contributed by atoms with Crippen LogP contribution in [0.15, 0.2) is 52.1 Å². The van der Waals surface area contributed by atoms with E-state index in [4.69, 9.17) is 9.84 Å². The van der Waals surface area contributed by atoms with Gasteiger partial charge in [0.1, 0.15) is 5.75 Å². The van der Waals surface area contributed by atoms with Gasteiger partial charge in [-0.05, 0) is 30.7 Å². The van der Waals surface area contributed by atoms with E-state index in [1.807, 2.05) is 43.3 Å². The molecule has 2 aromatic heterocycles. The van der Waals surface area contributed by atoms with Crippen molar-refractivity contribution in [1.29, 1.82) is 0 Å². The van der Waals surface area contributed by atoms with Crippen LogP contribution in [0.3, 0.4) is 0 Å². The van der Waals surface area contributed by atoms with Gasteiger partial charge in [-0.2, -0.15) is 4.98 Å². The lowest BCUT2D eigenvalue weighted by Gasteiger charge is -2.14. The van der Waals surface area contributed by atoms with Crippen molar-refractivity contribution >= 4 is 38.6 Å². The lowest BCUT2D eigenvalue weighted by molar-refractivity contribution is -0.137. The average Bonchev–Trinajstić information content (AvgIpc) is 3.18. The molecule has 170 valence electrons. The summed E-state index contributed by atoms with van der Waals surface area (Å²) in [5, 5.41) is 12.4. The Bertz CT molecular complexity index is 1440. The van der Waals surface area contributed by atoms with Gasteiger partial charge in [-0.25, -0.2) is 19.1 Å². The van der Waals surface area contributed by atoms with Crippen LogP contribution in [-0.2, 0) is 17.9 Å². The molecule has 10 nitrogen and oxygen atoms in total. The maximum absolute atomic E-state index is 13.2. The minimum Gasteiger partial charge on any atom is -0.497 e. The van der Waals surface area contributed by atoms with Gasteiger partial charge in [-0.1, -0.05) is 41.2 Å². The van der Waals surface area contributed by atoms with E-state index in [2.05, 4.69) is 15.3 Å². The number of nitrogens with zero attached hydrogens (tertiary/aromatic N) is 4. The largest absolute Gasteiger partial charge is 0.497 e. The summed E-state index contributed by atoms with van der Waals surface area (Å²) in [4.78, 5) is 45.2. The highest BCUT2D eigenvalue weighted by atomic mass is 32.1. The molecule has 4 rings (SSSR count). The van der Waals surface area contributed by atoms with Crippen molar-refractivity contribution in [2.24, 2.45) is 0 Å². The number of aromatic nitrogens is 4. The molecule has 2 aromatic carbocycles. The van der Waals surface area contributed by atoms with E-state index >= 15 is 0 Å². The predicted octanol–water partition coefficient (Wildman–Crippen LogP) is 2.60. The monoisotopic (exact) mass is 467 g/mol. The molecule has 0 spiro atoms. The maximum Gasteiger partial charge on any atom is 0.354 e. The van der Waals surface area contributed by atoms with Gasteiger partial charge in [0.15, 0.2) is 5.13 Å². The Kier molecular flexibility index (Phi) is 6.22. The lowest BCUT2D eigenvalue weighted by Crippen LogP contribution is -2.43. The predicted molar refractivity (Wildman–Crippen MR) is 125 cm³/mol. The van der Waals surface area contributed by atoms with Crippen LogP contribution < -0.4 is 21.4 Å². The highest BCUT2D eigenvalue weighted by molar-refractivity contribution is 7.22. The fraction of sp³-hybridized carbons (Fsp3) is 0.227. The Hall–Kier alpha value is -3.99. The fourth-order valence-corrected chi connectivity index (χ4v) is 4.11. The number of rotatable bonds is 8. The number of ether oxygens (including phenoxy) is 1. The first kappa shape index (κ1) is 22.2. The molecular formula is C22H21N5O5S. The van der Waals surface area contributed by atoms with Crippen LogP contribution in [0.4, 0.5) is 11.1 Å². The molecule has 0 saturated carbocycles. The molecule has 0 saturated heterocycles. The molecule has 0 amide bonds. The molecule has 11 heteroatoms. The summed E-state index contributed by atoms with van der Waals surface area (Å²) in [6, 6.07) is 13.0. The third kappa shape index (κ3) is 4.93. The van der Waals surface area contributed by atoms with E-state index in [0.717, 1.165) is 25.9 Å². The molecule has 0 aliphatic rings. The lowest BCUT2D eigenvalue weighted by atomic mass is 10.1. The van der Waals surface area contributed by atoms with Gasteiger partial charge in [-0.3, -0.25) is 9.36 Å². The van der Waals surface area contributed by atoms with Gasteiger partial charge in [0, 0.05) is 6.54 Å². The SMILES string of the molecule is COc1ccc2nc(Nc3nc(=O)n(CCC(=O)O)c(=O)n3Cc3ccc(C)cc3)sc2c1. The minimum absolute atomic E-state index is 0.0307. The summed E-state index contributed by atoms with van der Waals surface area (Å²) in [5.74, 6) is -0.394. The average molecular weight is 468 g/mol. The Labute approximate surface area is 191 Å². The van der Waals surface area contributed by atoms with Crippen LogP contribution in [0, 0.1) is 6.92 Å². The number of carboxylic acid groups (broad SMARTS) is 1. The molecule has 33 heavy (non-hydrogen) atoms. The summed E-state index contributed by atoms with van der Waals surface area (Å²) < 4.78 is 8.24. The van der Waals surface area contributed by atoms with Crippen LogP contribution in [0.25, 0.3) is 10.2 Å². The molecular weight excluding hydrogens is 446 g/mol. The number of carboxylic acids is 1. The summed E-state index contributed by atoms with van der Waals surface area (Å²) in [6.07, 6.45) is -0.367. The molecule has 0 aliphatic carbocycles. The highest BCUT2D eigenvalue weighted by Gasteiger charge is 2.16. The number of hydrogen-bond acceptors (Lipinski definition) is 8. The van der Waals surface area contributed by atoms with Crippen LogP contribution in [0.5, 0.6) is 5.75 Å². The second-order valence-corrected chi connectivity index (χ2v) is 8.38. The van der Waals surface area contributed by atoms with E-state index in [1.165, 1.54) is 15.9 Å². The van der Waals surface area contributed by atoms with Crippen LogP contribution in [-0.4, -0.2) is 37.3 Å². The minimum atomic E-state index is -1.11. The molecule has 0 fully saturated rings. The van der Waals surface area contributed by atoms with Crippen molar-refractivity contribution < 1.29 is 14.6 Å². The van der Waals surface area contributed by atoms with Crippen molar-refractivity contribution in [2.75, 3.05) is 12.4 Å². The topological polar surface area (TPSA) is 128 Å². The molecule has 0 bridgehead atoms. The first-order chi connectivity index (χ1) is 15.8. The van der Waals surface area contributed by atoms with E-state index in [0.29, 0.717) is 10.9 Å². The Morgan fingerprint density at radius 1 is 1.12 bits per heavy atom. The summed E-state index contributed by atoms with van der Waals surface area (Å²) in [5.41, 5.74) is 1.14. The smallest absolute Gasteiger partial charge is 0.354 e. The zero-order chi connectivity index (χ0) is 23.5. The number of carbonyl (C=O) groups is 1. The molecule has 4 aromatic rings. The number of aryl methyl sites for hydroxylation is 1. The number of aliphatic carboxylic acids is 1. The van der Waals surface area contributed by atoms with Gasteiger partial charge >= 0.3 is 17.3 Å². The number of fused-ring (bicyclic) bond motifs is 1. The van der Waals surface area contributed by atoms with Crippen LogP contribution in [0.1, 0.15) is 17.5 Å². The molecule has 0 atom stereocenters. The number of thiazole rings is 1. The van der Waals surface area contributed by atoms with Crippen molar-refractivity contribution in [2.45, 2.75) is 26.4 Å². The van der Waals surface area contributed by atoms with Gasteiger partial charge < -0.3 is 15.2 Å². The first-order valence-corrected chi connectivity index (χ1v) is 10.9. The third-order valence-corrected chi connectivity index (χ3v) is 5.91. The van der Waals surface area contributed by atoms with E-state index in [-0.39, 0.29) is 25.5 Å². The van der Waals surface area contributed by atoms with Crippen molar-refractivity contribution in [3.05, 3.63) is 74.6 Å². The van der Waals surface area contributed by atoms with Crippen molar-refractivity contribution in [1.82, 2.24) is 19.1 Å². The van der Waals surface area contributed by atoms with Crippen molar-refractivity contribution in [3.63, 3.8) is 0 Å². The second kappa shape index (κ2) is 9.25. The quantitative estimate of drug-likeness (QED) is 0.405. The third-order valence-electron chi connectivity index (χ3n) is 4.97. The molecule has 0 unspecified atom stereocenters. The zero-order valence-electron chi connectivity index (χ0n) is 17.9. The van der Waals surface area contributed by atoms with Gasteiger partial charge in [0.25, 0.3) is 0 Å². The highest BCUT2D eigenvalue weighted by Crippen LogP contribution is 2.30. The number of benzene rings is 2. The standard InChI is InChI=1S/C22H21N5O5S/c1-13-3-5-14(6-4-13)12-27-19(25-21(30)26(22(27)31)10-9-18(28)29)24-20-23-16-8-7-15(32-2)11-17(16)33-20/h3-8,11H,9-10,12H2,1-2H3,(H,28,29)(H,23,24,25,30). The van der Waals surface area contributed by atoms with Gasteiger partial charge in [0.2, 0.25) is 5.95 Å². The van der Waals surface area contributed by atoms with Gasteiger partial charge in [0.05, 0.1) is 30.3 Å². The van der Waals surface area contributed by atoms with Crippen molar-refractivity contribution in [3.8, 4) is 5.75 Å². The zero-order valence-corrected chi connectivity index (χ0v) is 18.8. The van der Waals surface area contributed by atoms with E-state index in [9.17, 15) is 14.4 Å². The molecule has 2 heterocycles. The number of anilines is 2. The Morgan fingerprint density at radius 2 is 1.88 bits per heavy atom. The first-order valence-electron chi connectivity index (χ1n) is 10.0. The second-order valence-electron chi connectivity index (χ2n) is 7.35. The Morgan fingerprint density at radius 3 is 2.58 bits per heavy atom.